The maximum atomic E-state index is 5.34. The Kier molecular flexibility index (Phi) is 11.9. The molecule has 12 heteroatoms. The molecule has 474 valence electrons. The van der Waals surface area contributed by atoms with Crippen LogP contribution in [0, 0.1) is 0 Å². The average Bonchev–Trinajstić information content (AvgIpc) is 1.55. The molecule has 0 saturated heterocycles. The van der Waals surface area contributed by atoms with Crippen LogP contribution in [0.4, 0.5) is 0 Å². The molecule has 0 saturated carbocycles. The average molecular weight is 1300 g/mol. The van der Waals surface area contributed by atoms with Gasteiger partial charge in [0.25, 0.3) is 0 Å². The van der Waals surface area contributed by atoms with E-state index in [1.165, 1.54) is 0 Å². The third kappa shape index (κ3) is 8.38. The minimum atomic E-state index is 0.661. The molecule has 0 fully saturated rings. The van der Waals surface area contributed by atoms with E-state index >= 15 is 0 Å². The third-order valence-corrected chi connectivity index (χ3v) is 20.6. The molecular weight excluding hydrogens is 1250 g/mol. The fraction of sp³-hybridized carbons (Fsp3) is 0. The highest BCUT2D eigenvalue weighted by molar-refractivity contribution is 6.14. The number of imidazole rings is 4. The monoisotopic (exact) mass is 1300 g/mol. The van der Waals surface area contributed by atoms with Gasteiger partial charge in [-0.05, 0) is 163 Å². The maximum absolute atomic E-state index is 5.34. The third-order valence-electron chi connectivity index (χ3n) is 20.6. The van der Waals surface area contributed by atoms with Gasteiger partial charge in [0.1, 0.15) is 0 Å². The fourth-order valence-corrected chi connectivity index (χ4v) is 16.0. The summed E-state index contributed by atoms with van der Waals surface area (Å²) >= 11 is 0. The molecule has 8 aromatic heterocycles. The van der Waals surface area contributed by atoms with Crippen molar-refractivity contribution >= 4 is 121 Å². The Balaban J connectivity index is 0.747. The molecule has 0 unspecified atom stereocenters. The van der Waals surface area contributed by atoms with E-state index in [0.29, 0.717) is 11.6 Å². The largest absolute Gasteiger partial charge is 0.309 e. The predicted molar refractivity (Wildman–Crippen MR) is 415 cm³/mol. The van der Waals surface area contributed by atoms with Gasteiger partial charge >= 0.3 is 0 Å². The Labute approximate surface area is 581 Å². The van der Waals surface area contributed by atoms with Gasteiger partial charge in [0.15, 0.2) is 11.6 Å². The first-order valence-electron chi connectivity index (χ1n) is 34.3. The Hall–Kier alpha value is -14.1. The summed E-state index contributed by atoms with van der Waals surface area (Å²) in [4.78, 5) is 31.6. The van der Waals surface area contributed by atoms with E-state index in [1.807, 2.05) is 24.3 Å². The first-order chi connectivity index (χ1) is 50.6. The van der Waals surface area contributed by atoms with Gasteiger partial charge in [-0.2, -0.15) is 0 Å². The van der Waals surface area contributed by atoms with Gasteiger partial charge in [-0.3, -0.25) is 17.9 Å². The Morgan fingerprint density at radius 3 is 1.15 bits per heavy atom. The molecule has 14 aromatic carbocycles. The predicted octanol–water partition coefficient (Wildman–Crippen LogP) is 21.6. The van der Waals surface area contributed by atoms with E-state index in [9.17, 15) is 0 Å². The van der Waals surface area contributed by atoms with Gasteiger partial charge in [0.2, 0.25) is 11.6 Å². The number of benzene rings is 14. The van der Waals surface area contributed by atoms with Crippen molar-refractivity contribution in [3.63, 3.8) is 0 Å². The lowest BCUT2D eigenvalue weighted by atomic mass is 10.0. The van der Waals surface area contributed by atoms with Crippen molar-refractivity contribution in [2.75, 3.05) is 0 Å². The Morgan fingerprint density at radius 2 is 0.578 bits per heavy atom. The smallest absolute Gasteiger partial charge is 0.220 e. The van der Waals surface area contributed by atoms with Gasteiger partial charge < -0.3 is 9.13 Å². The molecule has 0 amide bonds. The lowest BCUT2D eigenvalue weighted by Gasteiger charge is -2.13. The number of rotatable bonds is 9. The summed E-state index contributed by atoms with van der Waals surface area (Å²) in [5.41, 5.74) is 26.4. The van der Waals surface area contributed by atoms with Crippen LogP contribution < -0.4 is 0 Å². The van der Waals surface area contributed by atoms with Crippen LogP contribution in [0.5, 0.6) is 0 Å². The van der Waals surface area contributed by atoms with E-state index in [0.717, 1.165) is 189 Å². The number of para-hydroxylation sites is 10. The van der Waals surface area contributed by atoms with Gasteiger partial charge in [0, 0.05) is 77.3 Å². The van der Waals surface area contributed by atoms with Crippen molar-refractivity contribution in [1.29, 1.82) is 0 Å². The maximum Gasteiger partial charge on any atom is 0.220 e. The van der Waals surface area contributed by atoms with Gasteiger partial charge in [-0.25, -0.2) is 29.9 Å². The Bertz CT molecular complexity index is 7250. The number of aromatic nitrogens is 12. The summed E-state index contributed by atoms with van der Waals surface area (Å²) in [6.07, 6.45) is 0. The minimum Gasteiger partial charge on any atom is -0.309 e. The Morgan fingerprint density at radius 1 is 0.176 bits per heavy atom. The van der Waals surface area contributed by atoms with E-state index in [4.69, 9.17) is 29.9 Å². The molecule has 0 aliphatic rings. The van der Waals surface area contributed by atoms with E-state index < -0.39 is 0 Å². The van der Waals surface area contributed by atoms with Crippen LogP contribution in [0.25, 0.3) is 200 Å². The first kappa shape index (κ1) is 56.0. The molecule has 0 aliphatic heterocycles. The lowest BCUT2D eigenvalue weighted by Crippen LogP contribution is -1.98. The highest BCUT2D eigenvalue weighted by atomic mass is 15.2. The van der Waals surface area contributed by atoms with E-state index in [1.54, 1.807) is 0 Å². The molecule has 8 heterocycles. The molecule has 0 bridgehead atoms. The van der Waals surface area contributed by atoms with Crippen LogP contribution in [-0.2, 0) is 0 Å². The molecule has 0 spiro atoms. The zero-order valence-electron chi connectivity index (χ0n) is 54.5. The number of fused-ring (bicyclic) bond motifs is 18. The van der Waals surface area contributed by atoms with Crippen LogP contribution in [-0.4, -0.2) is 57.0 Å². The standard InChI is InChI=1S/C90H54N12/c1-3-20-55(21-4-1)85-66-26-7-9-28-71(66)91-87(95-85)57-38-42-61(43-39-57)97-76-48-44-63(99-80-34-15-17-36-82(80)101-78-32-13-11-30-73(78)93-89(99)101)53-69(76)65-46-40-59(52-84(65)97)58-41-47-75-68(51-58)70-54-64(100-81-35-16-18-37-83(81)102-79-33-14-12-31-74(79)94-90(100)102)45-49-77(70)98(75)62-25-19-24-60(50-62)88-92-72-29-10-8-27-67(72)86(96-88)56-22-5-2-6-23-56/h1-54H. The van der Waals surface area contributed by atoms with Crippen LogP contribution in [0.3, 0.4) is 0 Å². The number of hydrogen-bond donors (Lipinski definition) is 0. The zero-order valence-corrected chi connectivity index (χ0v) is 54.5. The van der Waals surface area contributed by atoms with Gasteiger partial charge in [-0.15, -0.1) is 0 Å². The fourth-order valence-electron chi connectivity index (χ4n) is 16.0. The highest BCUT2D eigenvalue weighted by Crippen LogP contribution is 2.43. The van der Waals surface area contributed by atoms with Crippen molar-refractivity contribution in [2.24, 2.45) is 0 Å². The van der Waals surface area contributed by atoms with E-state index in [2.05, 4.69) is 330 Å². The summed E-state index contributed by atoms with van der Waals surface area (Å²) in [6, 6.07) is 117. The normalized spacial score (nSPS) is 12.1. The molecule has 102 heavy (non-hydrogen) atoms. The second kappa shape index (κ2) is 21.7. The summed E-state index contributed by atoms with van der Waals surface area (Å²) in [7, 11) is 0. The van der Waals surface area contributed by atoms with E-state index in [-0.39, 0.29) is 0 Å². The van der Waals surface area contributed by atoms with Crippen LogP contribution >= 0.6 is 0 Å². The molecule has 0 aliphatic carbocycles. The van der Waals surface area contributed by atoms with Crippen LogP contribution in [0.15, 0.2) is 328 Å². The van der Waals surface area contributed by atoms with Crippen molar-refractivity contribution in [1.82, 2.24) is 57.0 Å². The second-order valence-electron chi connectivity index (χ2n) is 26.3. The molecule has 0 radical (unpaired) electrons. The molecule has 22 aromatic rings. The second-order valence-corrected chi connectivity index (χ2v) is 26.3. The summed E-state index contributed by atoms with van der Waals surface area (Å²) in [5, 5.41) is 6.47. The van der Waals surface area contributed by atoms with Crippen molar-refractivity contribution in [3.8, 4) is 79.2 Å². The van der Waals surface area contributed by atoms with Crippen molar-refractivity contribution in [2.45, 2.75) is 0 Å². The van der Waals surface area contributed by atoms with Gasteiger partial charge in [0.05, 0.1) is 88.6 Å². The molecule has 12 nitrogen and oxygen atoms in total. The molecule has 0 atom stereocenters. The van der Waals surface area contributed by atoms with Crippen molar-refractivity contribution < 1.29 is 0 Å². The van der Waals surface area contributed by atoms with Crippen LogP contribution in [0.2, 0.25) is 0 Å². The summed E-state index contributed by atoms with van der Waals surface area (Å²) in [5.74, 6) is 3.05. The summed E-state index contributed by atoms with van der Waals surface area (Å²) in [6.45, 7) is 0. The highest BCUT2D eigenvalue weighted by Gasteiger charge is 2.24. The molecule has 22 rings (SSSR count). The van der Waals surface area contributed by atoms with Crippen LogP contribution in [0.1, 0.15) is 0 Å². The van der Waals surface area contributed by atoms with Gasteiger partial charge in [-0.1, -0.05) is 176 Å². The SMILES string of the molecule is c1ccc(-c2nc(-c3ccc(-n4c5ccc(-n6c7ccccc7n7c8ccccc8nc67)cc5c5ccc(-c6ccc7c(c6)c6cc(-n8c9ccccc9n9c%10ccccc%10nc89)ccc6n7-c6cccc(-c7nc(-c8ccccc8)c8ccccc8n7)c6)cc54)cc3)nc3ccccc23)cc1. The first-order valence-corrected chi connectivity index (χ1v) is 34.3. The quantitative estimate of drug-likeness (QED) is 0.143. The summed E-state index contributed by atoms with van der Waals surface area (Å²) < 4.78 is 14.0. The topological polar surface area (TPSA) is 106 Å². The number of hydrogen-bond acceptors (Lipinski definition) is 6. The van der Waals surface area contributed by atoms with Crippen molar-refractivity contribution in [3.05, 3.63) is 328 Å². The molecular formula is C90H54N12. The lowest BCUT2D eigenvalue weighted by molar-refractivity contribution is 1.11. The minimum absolute atomic E-state index is 0.661. The number of nitrogens with zero attached hydrogens (tertiary/aromatic N) is 12. The zero-order chi connectivity index (χ0) is 66.7. The molecule has 0 N–H and O–H groups in total.